The quantitative estimate of drug-likeness (QED) is 0.822. The molecule has 2 N–H and O–H groups in total. The normalized spacial score (nSPS) is 14.8. The van der Waals surface area contributed by atoms with Gasteiger partial charge in [-0.3, -0.25) is 9.82 Å². The second kappa shape index (κ2) is 6.51. The van der Waals surface area contributed by atoms with Crippen molar-refractivity contribution in [3.63, 3.8) is 0 Å². The molecule has 0 bridgehead atoms. The minimum atomic E-state index is -3.78. The first-order valence-electron chi connectivity index (χ1n) is 8.13. The average molecular weight is 365 g/mol. The molecule has 1 aliphatic rings. The molecule has 0 amide bonds. The van der Waals surface area contributed by atoms with E-state index in [0.717, 1.165) is 25.9 Å². The number of hydrogen-bond donors (Lipinski definition) is 2. The fourth-order valence-electron chi connectivity index (χ4n) is 2.98. The Labute approximate surface area is 147 Å². The Morgan fingerprint density at radius 3 is 2.48 bits per heavy atom. The Morgan fingerprint density at radius 1 is 1.24 bits per heavy atom. The van der Waals surface area contributed by atoms with Crippen LogP contribution in [-0.4, -0.2) is 55.8 Å². The molecule has 0 aliphatic carbocycles. The van der Waals surface area contributed by atoms with Gasteiger partial charge in [0, 0.05) is 27.2 Å². The van der Waals surface area contributed by atoms with E-state index in [4.69, 9.17) is 0 Å². The molecule has 0 saturated carbocycles. The number of H-pyrrole nitrogens is 1. The van der Waals surface area contributed by atoms with E-state index in [-0.39, 0.29) is 4.90 Å². The third-order valence-electron chi connectivity index (χ3n) is 4.14. The lowest BCUT2D eigenvalue weighted by molar-refractivity contribution is 0.600. The first kappa shape index (κ1) is 17.5. The lowest BCUT2D eigenvalue weighted by Gasteiger charge is -2.21. The number of hydrogen-bond acceptors (Lipinski definition) is 7. The molecule has 3 rings (SSSR count). The van der Waals surface area contributed by atoms with Crippen molar-refractivity contribution in [2.45, 2.75) is 31.6 Å². The summed E-state index contributed by atoms with van der Waals surface area (Å²) in [6.07, 6.45) is 3.76. The Hall–Kier alpha value is -2.36. The Kier molecular flexibility index (Phi) is 4.55. The molecular weight excluding hydrogens is 342 g/mol. The number of aryl methyl sites for hydroxylation is 2. The molecule has 0 radical (unpaired) electrons. The van der Waals surface area contributed by atoms with Gasteiger partial charge in [-0.25, -0.2) is 13.4 Å². The molecule has 3 heterocycles. The van der Waals surface area contributed by atoms with Gasteiger partial charge in [0.25, 0.3) is 10.0 Å². The first-order valence-corrected chi connectivity index (χ1v) is 9.61. The van der Waals surface area contributed by atoms with Gasteiger partial charge >= 0.3 is 0 Å². The molecule has 2 aromatic heterocycles. The summed E-state index contributed by atoms with van der Waals surface area (Å²) in [7, 11) is -0.140. The molecule has 10 heteroatoms. The zero-order valence-corrected chi connectivity index (χ0v) is 15.7. The second-order valence-corrected chi connectivity index (χ2v) is 7.98. The maximum Gasteiger partial charge on any atom is 0.265 e. The van der Waals surface area contributed by atoms with Gasteiger partial charge in [-0.05, 0) is 26.7 Å². The van der Waals surface area contributed by atoms with Crippen molar-refractivity contribution in [1.82, 2.24) is 20.2 Å². The number of nitrogens with zero attached hydrogens (tertiary/aromatic N) is 5. The summed E-state index contributed by atoms with van der Waals surface area (Å²) in [5, 5.41) is 6.65. The topological polar surface area (TPSA) is 107 Å². The van der Waals surface area contributed by atoms with Gasteiger partial charge in [0.2, 0.25) is 5.95 Å². The fraction of sp³-hybridized carbons (Fsp3) is 0.533. The van der Waals surface area contributed by atoms with Gasteiger partial charge < -0.3 is 9.80 Å². The van der Waals surface area contributed by atoms with Crippen LogP contribution < -0.4 is 14.5 Å². The molecule has 0 atom stereocenters. The van der Waals surface area contributed by atoms with Crippen LogP contribution in [-0.2, 0) is 10.0 Å². The van der Waals surface area contributed by atoms with Crippen molar-refractivity contribution in [2.24, 2.45) is 0 Å². The van der Waals surface area contributed by atoms with Crippen molar-refractivity contribution >= 4 is 27.5 Å². The third-order valence-corrected chi connectivity index (χ3v) is 5.77. The molecule has 136 valence electrons. The van der Waals surface area contributed by atoms with E-state index in [0.29, 0.717) is 28.8 Å². The monoisotopic (exact) mass is 365 g/mol. The molecule has 0 unspecified atom stereocenters. The van der Waals surface area contributed by atoms with Crippen LogP contribution in [0, 0.1) is 13.8 Å². The lowest BCUT2D eigenvalue weighted by Crippen LogP contribution is -2.24. The van der Waals surface area contributed by atoms with Gasteiger partial charge in [0.15, 0.2) is 5.82 Å². The van der Waals surface area contributed by atoms with E-state index in [1.165, 1.54) is 6.20 Å². The van der Waals surface area contributed by atoms with E-state index in [1.54, 1.807) is 18.7 Å². The van der Waals surface area contributed by atoms with Crippen LogP contribution in [0.3, 0.4) is 0 Å². The van der Waals surface area contributed by atoms with E-state index in [9.17, 15) is 8.42 Å². The molecule has 1 fully saturated rings. The van der Waals surface area contributed by atoms with Gasteiger partial charge in [-0.1, -0.05) is 0 Å². The van der Waals surface area contributed by atoms with E-state index >= 15 is 0 Å². The maximum absolute atomic E-state index is 12.8. The summed E-state index contributed by atoms with van der Waals surface area (Å²) < 4.78 is 28.1. The van der Waals surface area contributed by atoms with Crippen LogP contribution in [0.25, 0.3) is 0 Å². The zero-order chi connectivity index (χ0) is 18.2. The largest absolute Gasteiger partial charge is 0.361 e. The van der Waals surface area contributed by atoms with Gasteiger partial charge in [-0.15, -0.1) is 0 Å². The molecule has 2 aromatic rings. The smallest absolute Gasteiger partial charge is 0.265 e. The Bertz CT molecular complexity index is 851. The van der Waals surface area contributed by atoms with Crippen molar-refractivity contribution in [3.05, 3.63) is 17.6 Å². The molecule has 1 saturated heterocycles. The first-order chi connectivity index (χ1) is 11.8. The SMILES string of the molecule is Cc1n[nH]c(C)c1S(=O)(=O)Nc1cnc(N2CCCC2)nc1N(C)C. The number of rotatable bonds is 5. The van der Waals surface area contributed by atoms with Crippen LogP contribution in [0.4, 0.5) is 17.5 Å². The molecule has 9 nitrogen and oxygen atoms in total. The van der Waals surface area contributed by atoms with Crippen LogP contribution in [0.1, 0.15) is 24.2 Å². The summed E-state index contributed by atoms with van der Waals surface area (Å²) in [5.41, 5.74) is 1.25. The Morgan fingerprint density at radius 2 is 1.92 bits per heavy atom. The van der Waals surface area contributed by atoms with Crippen molar-refractivity contribution in [2.75, 3.05) is 41.7 Å². The number of anilines is 3. The van der Waals surface area contributed by atoms with Crippen LogP contribution in [0.2, 0.25) is 0 Å². The summed E-state index contributed by atoms with van der Waals surface area (Å²) in [5.74, 6) is 1.15. The van der Waals surface area contributed by atoms with Crippen molar-refractivity contribution < 1.29 is 8.42 Å². The molecule has 25 heavy (non-hydrogen) atoms. The fourth-order valence-corrected chi connectivity index (χ4v) is 4.40. The summed E-state index contributed by atoms with van der Waals surface area (Å²) in [6.45, 7) is 5.17. The minimum absolute atomic E-state index is 0.154. The minimum Gasteiger partial charge on any atom is -0.361 e. The highest BCUT2D eigenvalue weighted by Gasteiger charge is 2.25. The Balaban J connectivity index is 1.96. The molecule has 1 aliphatic heterocycles. The highest BCUT2D eigenvalue weighted by molar-refractivity contribution is 7.92. The highest BCUT2D eigenvalue weighted by Crippen LogP contribution is 2.28. The van der Waals surface area contributed by atoms with E-state index in [1.807, 2.05) is 14.1 Å². The summed E-state index contributed by atoms with van der Waals surface area (Å²) in [4.78, 5) is 12.9. The maximum atomic E-state index is 12.8. The highest BCUT2D eigenvalue weighted by atomic mass is 32.2. The lowest BCUT2D eigenvalue weighted by atomic mass is 10.4. The van der Waals surface area contributed by atoms with E-state index < -0.39 is 10.0 Å². The van der Waals surface area contributed by atoms with Gasteiger partial charge in [-0.2, -0.15) is 10.1 Å². The predicted molar refractivity (Wildman–Crippen MR) is 96.7 cm³/mol. The number of sulfonamides is 1. The third kappa shape index (κ3) is 3.39. The van der Waals surface area contributed by atoms with Crippen LogP contribution >= 0.6 is 0 Å². The second-order valence-electron chi connectivity index (χ2n) is 6.36. The van der Waals surface area contributed by atoms with Crippen LogP contribution in [0.5, 0.6) is 0 Å². The number of aromatic nitrogens is 4. The average Bonchev–Trinajstić information content (AvgIpc) is 3.17. The summed E-state index contributed by atoms with van der Waals surface area (Å²) in [6, 6.07) is 0. The number of aromatic amines is 1. The molecule has 0 spiro atoms. The van der Waals surface area contributed by atoms with Crippen molar-refractivity contribution in [1.29, 1.82) is 0 Å². The number of nitrogens with one attached hydrogen (secondary N) is 2. The zero-order valence-electron chi connectivity index (χ0n) is 14.9. The standard InChI is InChI=1S/C15H23N7O2S/c1-10-13(11(2)19-18-10)25(23,24)20-12-9-16-15(17-14(12)21(3)4)22-7-5-6-8-22/h9,20H,5-8H2,1-4H3,(H,18,19). The van der Waals surface area contributed by atoms with E-state index in [2.05, 4.69) is 29.8 Å². The summed E-state index contributed by atoms with van der Waals surface area (Å²) >= 11 is 0. The van der Waals surface area contributed by atoms with Gasteiger partial charge in [0.1, 0.15) is 10.6 Å². The van der Waals surface area contributed by atoms with Gasteiger partial charge in [0.05, 0.1) is 17.6 Å². The van der Waals surface area contributed by atoms with Crippen molar-refractivity contribution in [3.8, 4) is 0 Å². The predicted octanol–water partition coefficient (Wildman–Crippen LogP) is 1.28. The molecule has 0 aromatic carbocycles. The van der Waals surface area contributed by atoms with Crippen LogP contribution in [0.15, 0.2) is 11.1 Å². The molecular formula is C15H23N7O2S.